The molecule has 11 heavy (non-hydrogen) atoms. The number of esters is 1. The SMILES string of the molecule is [2H]C([2H])(C(O)C(=O)OCC)[N+](=O)[O-]. The zero-order valence-corrected chi connectivity index (χ0v) is 5.81. The van der Waals surface area contributed by atoms with Crippen molar-refractivity contribution in [1.82, 2.24) is 0 Å². The number of hydrogen-bond donors (Lipinski definition) is 1. The highest BCUT2D eigenvalue weighted by atomic mass is 16.6. The van der Waals surface area contributed by atoms with Gasteiger partial charge in [0.15, 0.2) is 0 Å². The molecule has 0 bridgehead atoms. The fourth-order valence-electron chi connectivity index (χ4n) is 0.374. The van der Waals surface area contributed by atoms with Crippen molar-refractivity contribution in [3.05, 3.63) is 10.1 Å². The van der Waals surface area contributed by atoms with Crippen LogP contribution in [0.3, 0.4) is 0 Å². The first kappa shape index (κ1) is 6.53. The van der Waals surface area contributed by atoms with Crippen molar-refractivity contribution >= 4 is 5.97 Å². The first-order chi connectivity index (χ1) is 5.84. The Bertz CT molecular complexity index is 219. The average molecular weight is 165 g/mol. The number of aliphatic hydroxyl groups excluding tert-OH is 1. The Hall–Kier alpha value is -1.17. The third kappa shape index (κ3) is 4.26. The molecule has 0 fully saturated rings. The summed E-state index contributed by atoms with van der Waals surface area (Å²) in [6.45, 7) is -1.86. The molecule has 64 valence electrons. The Morgan fingerprint density at radius 1 is 2.00 bits per heavy atom. The van der Waals surface area contributed by atoms with E-state index in [0.717, 1.165) is 0 Å². The van der Waals surface area contributed by atoms with Crippen LogP contribution in [0.15, 0.2) is 0 Å². The summed E-state index contributed by atoms with van der Waals surface area (Å²) >= 11 is 0. The summed E-state index contributed by atoms with van der Waals surface area (Å²) in [6.07, 6.45) is -2.40. The zero-order chi connectivity index (χ0) is 10.6. The lowest BCUT2D eigenvalue weighted by Crippen LogP contribution is -2.30. The third-order valence-corrected chi connectivity index (χ3v) is 0.738. The molecule has 1 unspecified atom stereocenters. The molecule has 1 atom stereocenters. The standard InChI is InChI=1S/C5H9NO5/c1-2-11-5(8)4(7)3-6(9)10/h4,7H,2-3H2,1H3/i3D2. The molecule has 0 rings (SSSR count). The maximum Gasteiger partial charge on any atom is 0.341 e. The Balaban J connectivity index is 4.48. The molecular formula is C5H9NO5. The van der Waals surface area contributed by atoms with Gasteiger partial charge in [0.25, 0.3) is 0 Å². The fourth-order valence-corrected chi connectivity index (χ4v) is 0.374. The van der Waals surface area contributed by atoms with Crippen molar-refractivity contribution < 1.29 is 22.3 Å². The van der Waals surface area contributed by atoms with Gasteiger partial charge in [0.2, 0.25) is 12.6 Å². The van der Waals surface area contributed by atoms with Gasteiger partial charge in [0, 0.05) is 4.92 Å². The average Bonchev–Trinajstić information content (AvgIpc) is 2.03. The van der Waals surface area contributed by atoms with Crippen LogP contribution in [0, 0.1) is 10.1 Å². The van der Waals surface area contributed by atoms with Gasteiger partial charge < -0.3 is 9.84 Å². The van der Waals surface area contributed by atoms with Crippen LogP contribution in [0.25, 0.3) is 0 Å². The van der Waals surface area contributed by atoms with Gasteiger partial charge in [-0.1, -0.05) is 0 Å². The molecule has 0 amide bonds. The first-order valence-corrected chi connectivity index (χ1v) is 2.83. The van der Waals surface area contributed by atoms with E-state index in [4.69, 9.17) is 7.85 Å². The second-order valence-electron chi connectivity index (χ2n) is 1.54. The molecule has 0 aliphatic heterocycles. The number of aliphatic hydroxyl groups is 1. The van der Waals surface area contributed by atoms with Crippen LogP contribution in [0.2, 0.25) is 0 Å². The molecule has 0 heterocycles. The minimum Gasteiger partial charge on any atom is -0.464 e. The lowest BCUT2D eigenvalue weighted by Gasteiger charge is -2.03. The Morgan fingerprint density at radius 2 is 2.55 bits per heavy atom. The van der Waals surface area contributed by atoms with Gasteiger partial charge >= 0.3 is 5.97 Å². The molecular weight excluding hydrogens is 154 g/mol. The summed E-state index contributed by atoms with van der Waals surface area (Å²) in [4.78, 5) is 19.3. The van der Waals surface area contributed by atoms with Crippen LogP contribution in [-0.4, -0.2) is 35.2 Å². The van der Waals surface area contributed by atoms with Gasteiger partial charge in [0.1, 0.15) is 2.74 Å². The van der Waals surface area contributed by atoms with Crippen molar-refractivity contribution in [3.8, 4) is 0 Å². The van der Waals surface area contributed by atoms with Crippen LogP contribution in [-0.2, 0) is 9.53 Å². The number of ether oxygens (including phenoxy) is 1. The number of carbonyl (C=O) groups is 1. The second-order valence-corrected chi connectivity index (χ2v) is 1.54. The van der Waals surface area contributed by atoms with Gasteiger partial charge in [-0.25, -0.2) is 4.79 Å². The molecule has 6 heteroatoms. The molecule has 1 N–H and O–H groups in total. The molecule has 0 aromatic rings. The predicted molar refractivity (Wildman–Crippen MR) is 34.5 cm³/mol. The van der Waals surface area contributed by atoms with Crippen molar-refractivity contribution in [2.75, 3.05) is 13.1 Å². The van der Waals surface area contributed by atoms with Crippen LogP contribution in [0.1, 0.15) is 9.67 Å². The summed E-state index contributed by atoms with van der Waals surface area (Å²) in [6, 6.07) is 0. The number of nitrogens with zero attached hydrogens (tertiary/aromatic N) is 1. The van der Waals surface area contributed by atoms with E-state index in [-0.39, 0.29) is 6.61 Å². The van der Waals surface area contributed by atoms with Crippen molar-refractivity contribution in [1.29, 1.82) is 0 Å². The maximum atomic E-state index is 10.7. The molecule has 0 aliphatic carbocycles. The predicted octanol–water partition coefficient (Wildman–Crippen LogP) is -0.813. The summed E-state index contributed by atoms with van der Waals surface area (Å²) < 4.78 is 17.6. The van der Waals surface area contributed by atoms with E-state index < -0.39 is 23.5 Å². The quantitative estimate of drug-likeness (QED) is 0.334. The smallest absolute Gasteiger partial charge is 0.341 e. The topological polar surface area (TPSA) is 89.7 Å². The van der Waals surface area contributed by atoms with E-state index in [0.29, 0.717) is 0 Å². The Kier molecular flexibility index (Phi) is 2.74. The van der Waals surface area contributed by atoms with Gasteiger partial charge in [-0.3, -0.25) is 10.1 Å². The number of carbonyl (C=O) groups excluding carboxylic acids is 1. The minimum absolute atomic E-state index is 0.0797. The van der Waals surface area contributed by atoms with Crippen LogP contribution < -0.4 is 0 Å². The van der Waals surface area contributed by atoms with E-state index in [1.807, 2.05) is 0 Å². The molecule has 6 nitrogen and oxygen atoms in total. The van der Waals surface area contributed by atoms with Gasteiger partial charge in [-0.15, -0.1) is 0 Å². The molecule has 0 radical (unpaired) electrons. The fraction of sp³-hybridized carbons (Fsp3) is 0.800. The van der Waals surface area contributed by atoms with Gasteiger partial charge in [-0.05, 0) is 6.92 Å². The highest BCUT2D eigenvalue weighted by Crippen LogP contribution is 1.88. The highest BCUT2D eigenvalue weighted by Gasteiger charge is 2.21. The normalized spacial score (nSPS) is 16.2. The molecule has 0 aliphatic rings. The summed E-state index contributed by atoms with van der Waals surface area (Å²) in [5.74, 6) is -1.34. The summed E-state index contributed by atoms with van der Waals surface area (Å²) in [5, 5.41) is 18.9. The van der Waals surface area contributed by atoms with E-state index in [1.54, 1.807) is 0 Å². The van der Waals surface area contributed by atoms with Crippen LogP contribution >= 0.6 is 0 Å². The summed E-state index contributed by atoms with van der Waals surface area (Å²) in [5.41, 5.74) is 0. The first-order valence-electron chi connectivity index (χ1n) is 3.83. The van der Waals surface area contributed by atoms with E-state index in [9.17, 15) is 14.9 Å². The van der Waals surface area contributed by atoms with E-state index in [1.165, 1.54) is 6.92 Å². The number of hydrogen-bond acceptors (Lipinski definition) is 5. The van der Waals surface area contributed by atoms with Crippen molar-refractivity contribution in [3.63, 3.8) is 0 Å². The number of rotatable bonds is 4. The molecule has 0 aromatic carbocycles. The molecule has 0 aromatic heterocycles. The third-order valence-electron chi connectivity index (χ3n) is 0.738. The number of nitro groups is 1. The van der Waals surface area contributed by atoms with Crippen LogP contribution in [0.5, 0.6) is 0 Å². The van der Waals surface area contributed by atoms with Crippen LogP contribution in [0.4, 0.5) is 0 Å². The molecule has 0 spiro atoms. The maximum absolute atomic E-state index is 10.7. The Morgan fingerprint density at radius 3 is 2.91 bits per heavy atom. The zero-order valence-electron chi connectivity index (χ0n) is 7.81. The van der Waals surface area contributed by atoms with Gasteiger partial charge in [0.05, 0.1) is 6.61 Å². The molecule has 0 saturated heterocycles. The summed E-state index contributed by atoms with van der Waals surface area (Å²) in [7, 11) is 0. The highest BCUT2D eigenvalue weighted by molar-refractivity contribution is 5.74. The molecule has 0 saturated carbocycles. The minimum atomic E-state index is -3.22. The monoisotopic (exact) mass is 165 g/mol. The lowest BCUT2D eigenvalue weighted by atomic mass is 10.4. The second kappa shape index (κ2) is 4.62. The van der Waals surface area contributed by atoms with Crippen molar-refractivity contribution in [2.24, 2.45) is 0 Å². The van der Waals surface area contributed by atoms with E-state index in [2.05, 4.69) is 4.74 Å². The largest absolute Gasteiger partial charge is 0.464 e. The van der Waals surface area contributed by atoms with Gasteiger partial charge in [-0.2, -0.15) is 0 Å². The van der Waals surface area contributed by atoms with E-state index >= 15 is 0 Å². The Labute approximate surface area is 65.7 Å². The van der Waals surface area contributed by atoms with Crippen molar-refractivity contribution in [2.45, 2.75) is 13.0 Å². The lowest BCUT2D eigenvalue weighted by molar-refractivity contribution is -0.488.